The standard InChI is InChI=1S/C12H9Cl2NO2/c13-9-3-1-2-8(11(9)14)12(16)10-5-4-7(6-15)17-10/h1-5H,6,15H2. The summed E-state index contributed by atoms with van der Waals surface area (Å²) in [6, 6.07) is 8.11. The summed E-state index contributed by atoms with van der Waals surface area (Å²) in [7, 11) is 0. The van der Waals surface area contributed by atoms with Gasteiger partial charge in [-0.2, -0.15) is 0 Å². The highest BCUT2D eigenvalue weighted by molar-refractivity contribution is 6.44. The van der Waals surface area contributed by atoms with Crippen LogP contribution in [0.1, 0.15) is 21.9 Å². The fraction of sp³-hybridized carbons (Fsp3) is 0.0833. The molecule has 3 nitrogen and oxygen atoms in total. The van der Waals surface area contributed by atoms with Crippen molar-refractivity contribution in [3.05, 3.63) is 57.5 Å². The number of carbonyl (C=O) groups is 1. The minimum Gasteiger partial charge on any atom is -0.456 e. The van der Waals surface area contributed by atoms with Crippen LogP contribution in [0.3, 0.4) is 0 Å². The highest BCUT2D eigenvalue weighted by atomic mass is 35.5. The summed E-state index contributed by atoms with van der Waals surface area (Å²) in [6.07, 6.45) is 0. The van der Waals surface area contributed by atoms with Gasteiger partial charge in [0.15, 0.2) is 5.76 Å². The molecule has 1 heterocycles. The first-order chi connectivity index (χ1) is 8.13. The lowest BCUT2D eigenvalue weighted by Crippen LogP contribution is -2.01. The van der Waals surface area contributed by atoms with E-state index in [1.165, 1.54) is 0 Å². The van der Waals surface area contributed by atoms with E-state index in [1.54, 1.807) is 30.3 Å². The van der Waals surface area contributed by atoms with Gasteiger partial charge in [-0.1, -0.05) is 29.3 Å². The molecular weight excluding hydrogens is 261 g/mol. The number of carbonyl (C=O) groups excluding carboxylic acids is 1. The Hall–Kier alpha value is -1.29. The van der Waals surface area contributed by atoms with Crippen molar-refractivity contribution in [3.63, 3.8) is 0 Å². The van der Waals surface area contributed by atoms with Crippen LogP contribution in [0.25, 0.3) is 0 Å². The van der Waals surface area contributed by atoms with Gasteiger partial charge >= 0.3 is 0 Å². The molecule has 2 N–H and O–H groups in total. The van der Waals surface area contributed by atoms with Crippen molar-refractivity contribution in [2.75, 3.05) is 0 Å². The number of halogens is 2. The zero-order valence-electron chi connectivity index (χ0n) is 8.74. The first kappa shape index (κ1) is 12.2. The number of furan rings is 1. The average molecular weight is 270 g/mol. The molecule has 0 spiro atoms. The molecule has 88 valence electrons. The van der Waals surface area contributed by atoms with Crippen LogP contribution in [0.5, 0.6) is 0 Å². The second-order valence-corrected chi connectivity index (χ2v) is 4.19. The predicted molar refractivity (Wildman–Crippen MR) is 66.5 cm³/mol. The van der Waals surface area contributed by atoms with E-state index >= 15 is 0 Å². The fourth-order valence-electron chi connectivity index (χ4n) is 1.42. The van der Waals surface area contributed by atoms with Crippen molar-refractivity contribution in [2.45, 2.75) is 6.54 Å². The van der Waals surface area contributed by atoms with E-state index < -0.39 is 0 Å². The van der Waals surface area contributed by atoms with E-state index in [1.807, 2.05) is 0 Å². The molecule has 0 fully saturated rings. The molecule has 1 aromatic carbocycles. The molecule has 17 heavy (non-hydrogen) atoms. The lowest BCUT2D eigenvalue weighted by molar-refractivity contribution is 0.101. The van der Waals surface area contributed by atoms with E-state index in [0.29, 0.717) is 16.3 Å². The van der Waals surface area contributed by atoms with Crippen LogP contribution in [-0.2, 0) is 6.54 Å². The normalized spacial score (nSPS) is 10.5. The van der Waals surface area contributed by atoms with Crippen molar-refractivity contribution in [1.82, 2.24) is 0 Å². The van der Waals surface area contributed by atoms with Crippen LogP contribution in [0, 0.1) is 0 Å². The van der Waals surface area contributed by atoms with Crippen molar-refractivity contribution in [2.24, 2.45) is 5.73 Å². The SMILES string of the molecule is NCc1ccc(C(=O)c2cccc(Cl)c2Cl)o1. The maximum atomic E-state index is 12.1. The molecule has 0 radical (unpaired) electrons. The topological polar surface area (TPSA) is 56.2 Å². The van der Waals surface area contributed by atoms with Crippen molar-refractivity contribution < 1.29 is 9.21 Å². The fourth-order valence-corrected chi connectivity index (χ4v) is 1.81. The minimum atomic E-state index is -0.308. The van der Waals surface area contributed by atoms with Crippen molar-refractivity contribution in [3.8, 4) is 0 Å². The first-order valence-corrected chi connectivity index (χ1v) is 5.66. The molecule has 0 bridgehead atoms. The van der Waals surface area contributed by atoms with Gasteiger partial charge in [-0.3, -0.25) is 4.79 Å². The van der Waals surface area contributed by atoms with Crippen LogP contribution < -0.4 is 5.73 Å². The Bertz CT molecular complexity index is 563. The summed E-state index contributed by atoms with van der Waals surface area (Å²) in [4.78, 5) is 12.1. The van der Waals surface area contributed by atoms with Gasteiger partial charge in [-0.15, -0.1) is 0 Å². The van der Waals surface area contributed by atoms with Crippen LogP contribution in [-0.4, -0.2) is 5.78 Å². The number of ketones is 1. The highest BCUT2D eigenvalue weighted by Crippen LogP contribution is 2.27. The van der Waals surface area contributed by atoms with Gasteiger partial charge in [0.1, 0.15) is 5.76 Å². The molecule has 0 aliphatic carbocycles. The Kier molecular flexibility index (Phi) is 3.52. The van der Waals surface area contributed by atoms with Gasteiger partial charge in [0.2, 0.25) is 5.78 Å². The lowest BCUT2D eigenvalue weighted by atomic mass is 10.1. The predicted octanol–water partition coefficient (Wildman–Crippen LogP) is 3.28. The minimum absolute atomic E-state index is 0.203. The molecule has 5 heteroatoms. The van der Waals surface area contributed by atoms with Gasteiger partial charge in [0.05, 0.1) is 16.6 Å². The average Bonchev–Trinajstić information content (AvgIpc) is 2.80. The number of hydrogen-bond acceptors (Lipinski definition) is 3. The smallest absolute Gasteiger partial charge is 0.229 e. The molecule has 0 aliphatic rings. The van der Waals surface area contributed by atoms with E-state index in [-0.39, 0.29) is 23.1 Å². The molecule has 0 amide bonds. The second kappa shape index (κ2) is 4.92. The molecule has 0 unspecified atom stereocenters. The quantitative estimate of drug-likeness (QED) is 0.871. The summed E-state index contributed by atoms with van der Waals surface area (Å²) in [5.41, 5.74) is 5.72. The number of benzene rings is 1. The highest BCUT2D eigenvalue weighted by Gasteiger charge is 2.17. The maximum Gasteiger partial charge on any atom is 0.229 e. The van der Waals surface area contributed by atoms with Crippen LogP contribution in [0.2, 0.25) is 10.0 Å². The zero-order chi connectivity index (χ0) is 12.4. The van der Waals surface area contributed by atoms with Crippen LogP contribution in [0.4, 0.5) is 0 Å². The van der Waals surface area contributed by atoms with E-state index in [9.17, 15) is 4.79 Å². The molecule has 2 rings (SSSR count). The Morgan fingerprint density at radius 3 is 2.65 bits per heavy atom. The zero-order valence-corrected chi connectivity index (χ0v) is 10.3. The number of rotatable bonds is 3. The van der Waals surface area contributed by atoms with Gasteiger partial charge in [-0.25, -0.2) is 0 Å². The Morgan fingerprint density at radius 2 is 2.00 bits per heavy atom. The molecule has 0 aliphatic heterocycles. The third-order valence-corrected chi connectivity index (χ3v) is 3.10. The molecule has 0 atom stereocenters. The summed E-state index contributed by atoms with van der Waals surface area (Å²) in [5, 5.41) is 0.563. The lowest BCUT2D eigenvalue weighted by Gasteiger charge is -2.02. The monoisotopic (exact) mass is 269 g/mol. The first-order valence-electron chi connectivity index (χ1n) is 4.91. The molecular formula is C12H9Cl2NO2. The van der Waals surface area contributed by atoms with E-state index in [4.69, 9.17) is 33.4 Å². The Labute approximate surface area is 108 Å². The van der Waals surface area contributed by atoms with Gasteiger partial charge in [0, 0.05) is 5.56 Å². The van der Waals surface area contributed by atoms with E-state index in [0.717, 1.165) is 0 Å². The summed E-state index contributed by atoms with van der Waals surface area (Å²) in [6.45, 7) is 0.247. The Morgan fingerprint density at radius 1 is 1.24 bits per heavy atom. The van der Waals surface area contributed by atoms with Crippen LogP contribution in [0.15, 0.2) is 34.7 Å². The van der Waals surface area contributed by atoms with Crippen molar-refractivity contribution in [1.29, 1.82) is 0 Å². The third kappa shape index (κ3) is 2.36. The molecule has 2 aromatic rings. The largest absolute Gasteiger partial charge is 0.456 e. The molecule has 0 saturated carbocycles. The van der Waals surface area contributed by atoms with Gasteiger partial charge < -0.3 is 10.2 Å². The summed E-state index contributed by atoms with van der Waals surface area (Å²) >= 11 is 11.8. The Balaban J connectivity index is 2.40. The van der Waals surface area contributed by atoms with Gasteiger partial charge in [0.25, 0.3) is 0 Å². The number of nitrogens with two attached hydrogens (primary N) is 1. The number of hydrogen-bond donors (Lipinski definition) is 1. The molecule has 1 aromatic heterocycles. The third-order valence-electron chi connectivity index (χ3n) is 2.28. The summed E-state index contributed by atoms with van der Waals surface area (Å²) < 4.78 is 5.27. The second-order valence-electron chi connectivity index (χ2n) is 3.40. The maximum absolute atomic E-state index is 12.1. The van der Waals surface area contributed by atoms with Crippen LogP contribution >= 0.6 is 23.2 Å². The van der Waals surface area contributed by atoms with Gasteiger partial charge in [-0.05, 0) is 24.3 Å². The van der Waals surface area contributed by atoms with Crippen molar-refractivity contribution >= 4 is 29.0 Å². The molecule has 0 saturated heterocycles. The van der Waals surface area contributed by atoms with E-state index in [2.05, 4.69) is 0 Å². The summed E-state index contributed by atoms with van der Waals surface area (Å²) in [5.74, 6) is 0.443.